The zero-order valence-corrected chi connectivity index (χ0v) is 10.2. The number of hydrogen-bond acceptors (Lipinski definition) is 1. The standard InChI is InChI=1S/C17H16O/c1-2-7-15-10-6-11-16(17(15)18)13-12-14-8-4-3-5-9-14/h2-6,8-13,18H,1,7H2. The van der Waals surface area contributed by atoms with Gasteiger partial charge in [-0.15, -0.1) is 6.58 Å². The van der Waals surface area contributed by atoms with Crippen molar-refractivity contribution in [1.29, 1.82) is 0 Å². The molecule has 0 aliphatic carbocycles. The lowest BCUT2D eigenvalue weighted by molar-refractivity contribution is 0.468. The number of allylic oxidation sites excluding steroid dienone is 1. The molecule has 0 atom stereocenters. The Hall–Kier alpha value is -2.28. The molecule has 0 aromatic heterocycles. The predicted octanol–water partition coefficient (Wildman–Crippen LogP) is 4.29. The molecule has 0 saturated carbocycles. The number of phenolic OH excluding ortho intramolecular Hbond substituents is 1. The highest BCUT2D eigenvalue weighted by molar-refractivity contribution is 5.73. The van der Waals surface area contributed by atoms with E-state index in [1.54, 1.807) is 6.08 Å². The van der Waals surface area contributed by atoms with E-state index < -0.39 is 0 Å². The number of hydrogen-bond donors (Lipinski definition) is 1. The van der Waals surface area contributed by atoms with Gasteiger partial charge in [-0.3, -0.25) is 0 Å². The Balaban J connectivity index is 2.27. The fourth-order valence-electron chi connectivity index (χ4n) is 1.82. The maximum absolute atomic E-state index is 10.1. The quantitative estimate of drug-likeness (QED) is 0.620. The summed E-state index contributed by atoms with van der Waals surface area (Å²) in [6.07, 6.45) is 6.39. The van der Waals surface area contributed by atoms with Crippen molar-refractivity contribution < 1.29 is 5.11 Å². The highest BCUT2D eigenvalue weighted by Gasteiger charge is 2.02. The first-order valence-corrected chi connectivity index (χ1v) is 5.96. The summed E-state index contributed by atoms with van der Waals surface area (Å²) in [6, 6.07) is 15.8. The van der Waals surface area contributed by atoms with E-state index in [9.17, 15) is 5.11 Å². The maximum Gasteiger partial charge on any atom is 0.126 e. The van der Waals surface area contributed by atoms with Gasteiger partial charge in [-0.2, -0.15) is 0 Å². The second kappa shape index (κ2) is 5.87. The second-order valence-electron chi connectivity index (χ2n) is 4.09. The number of rotatable bonds is 4. The number of phenols is 1. The van der Waals surface area contributed by atoms with Crippen LogP contribution < -0.4 is 0 Å². The van der Waals surface area contributed by atoms with Gasteiger partial charge in [0, 0.05) is 5.56 Å². The van der Waals surface area contributed by atoms with Crippen molar-refractivity contribution in [1.82, 2.24) is 0 Å². The summed E-state index contributed by atoms with van der Waals surface area (Å²) in [5.74, 6) is 0.338. The summed E-state index contributed by atoms with van der Waals surface area (Å²) in [5.41, 5.74) is 2.85. The molecule has 1 heteroatoms. The van der Waals surface area contributed by atoms with E-state index in [1.165, 1.54) is 0 Å². The molecule has 0 heterocycles. The fourth-order valence-corrected chi connectivity index (χ4v) is 1.82. The van der Waals surface area contributed by atoms with Gasteiger partial charge < -0.3 is 5.11 Å². The van der Waals surface area contributed by atoms with Crippen molar-refractivity contribution in [3.05, 3.63) is 77.9 Å². The number of para-hydroxylation sites is 1. The maximum atomic E-state index is 10.1. The molecule has 18 heavy (non-hydrogen) atoms. The van der Waals surface area contributed by atoms with Crippen molar-refractivity contribution in [2.24, 2.45) is 0 Å². The Kier molecular flexibility index (Phi) is 3.98. The van der Waals surface area contributed by atoms with Crippen LogP contribution in [0.5, 0.6) is 5.75 Å². The van der Waals surface area contributed by atoms with Gasteiger partial charge in [-0.05, 0) is 17.5 Å². The molecular formula is C17H16O. The monoisotopic (exact) mass is 236 g/mol. The zero-order valence-electron chi connectivity index (χ0n) is 10.2. The molecule has 0 amide bonds. The first-order valence-electron chi connectivity index (χ1n) is 5.96. The molecule has 0 aliphatic rings. The molecule has 0 saturated heterocycles. The van der Waals surface area contributed by atoms with Gasteiger partial charge in [0.1, 0.15) is 5.75 Å². The van der Waals surface area contributed by atoms with Crippen LogP contribution in [0.25, 0.3) is 12.2 Å². The molecule has 0 aliphatic heterocycles. The summed E-state index contributed by atoms with van der Waals surface area (Å²) in [4.78, 5) is 0. The average Bonchev–Trinajstić information content (AvgIpc) is 2.41. The molecule has 0 bridgehead atoms. The minimum Gasteiger partial charge on any atom is -0.507 e. The second-order valence-corrected chi connectivity index (χ2v) is 4.09. The lowest BCUT2D eigenvalue weighted by atomic mass is 10.0. The van der Waals surface area contributed by atoms with E-state index >= 15 is 0 Å². The molecule has 90 valence electrons. The zero-order chi connectivity index (χ0) is 12.8. The Morgan fingerprint density at radius 3 is 2.44 bits per heavy atom. The molecule has 0 unspecified atom stereocenters. The Morgan fingerprint density at radius 1 is 0.944 bits per heavy atom. The van der Waals surface area contributed by atoms with E-state index in [-0.39, 0.29) is 0 Å². The smallest absolute Gasteiger partial charge is 0.126 e. The molecule has 2 aromatic carbocycles. The highest BCUT2D eigenvalue weighted by Crippen LogP contribution is 2.25. The van der Waals surface area contributed by atoms with Gasteiger partial charge in [0.2, 0.25) is 0 Å². The van der Waals surface area contributed by atoms with E-state index in [2.05, 4.69) is 6.58 Å². The average molecular weight is 236 g/mol. The van der Waals surface area contributed by atoms with Crippen LogP contribution in [0.3, 0.4) is 0 Å². The van der Waals surface area contributed by atoms with Crippen LogP contribution in [0, 0.1) is 0 Å². The molecule has 1 nitrogen and oxygen atoms in total. The van der Waals surface area contributed by atoms with Gasteiger partial charge in [0.05, 0.1) is 0 Å². The summed E-state index contributed by atoms with van der Waals surface area (Å²) in [7, 11) is 0. The summed E-state index contributed by atoms with van der Waals surface area (Å²) < 4.78 is 0. The topological polar surface area (TPSA) is 20.2 Å². The van der Waals surface area contributed by atoms with E-state index in [0.717, 1.165) is 16.7 Å². The third-order valence-electron chi connectivity index (χ3n) is 2.77. The van der Waals surface area contributed by atoms with Crippen LogP contribution in [0.4, 0.5) is 0 Å². The van der Waals surface area contributed by atoms with Gasteiger partial charge >= 0.3 is 0 Å². The molecule has 0 spiro atoms. The van der Waals surface area contributed by atoms with Gasteiger partial charge in [0.15, 0.2) is 0 Å². The van der Waals surface area contributed by atoms with Crippen LogP contribution in [-0.2, 0) is 6.42 Å². The van der Waals surface area contributed by atoms with Crippen LogP contribution in [0.1, 0.15) is 16.7 Å². The summed E-state index contributed by atoms with van der Waals surface area (Å²) in [5, 5.41) is 10.1. The van der Waals surface area contributed by atoms with Crippen molar-refractivity contribution in [2.75, 3.05) is 0 Å². The number of aromatic hydroxyl groups is 1. The van der Waals surface area contributed by atoms with Crippen LogP contribution >= 0.6 is 0 Å². The molecule has 0 fully saturated rings. The molecule has 1 N–H and O–H groups in total. The Morgan fingerprint density at radius 2 is 1.72 bits per heavy atom. The summed E-state index contributed by atoms with van der Waals surface area (Å²) >= 11 is 0. The van der Waals surface area contributed by atoms with E-state index in [4.69, 9.17) is 0 Å². The molecular weight excluding hydrogens is 220 g/mol. The van der Waals surface area contributed by atoms with Gasteiger partial charge in [-0.1, -0.05) is 66.8 Å². The van der Waals surface area contributed by atoms with Crippen LogP contribution in [0.2, 0.25) is 0 Å². The largest absolute Gasteiger partial charge is 0.507 e. The molecule has 0 radical (unpaired) electrons. The predicted molar refractivity (Wildman–Crippen MR) is 77.4 cm³/mol. The van der Waals surface area contributed by atoms with Gasteiger partial charge in [0.25, 0.3) is 0 Å². The highest BCUT2D eigenvalue weighted by atomic mass is 16.3. The number of benzene rings is 2. The lowest BCUT2D eigenvalue weighted by Crippen LogP contribution is -1.84. The van der Waals surface area contributed by atoms with Crippen molar-refractivity contribution >= 4 is 12.2 Å². The lowest BCUT2D eigenvalue weighted by Gasteiger charge is -2.04. The van der Waals surface area contributed by atoms with E-state index in [0.29, 0.717) is 12.2 Å². The first kappa shape index (κ1) is 12.2. The van der Waals surface area contributed by atoms with E-state index in [1.807, 2.05) is 60.7 Å². The van der Waals surface area contributed by atoms with Crippen LogP contribution in [-0.4, -0.2) is 5.11 Å². The minimum atomic E-state index is 0.338. The fraction of sp³-hybridized carbons (Fsp3) is 0.0588. The Bertz CT molecular complexity index is 553. The third kappa shape index (κ3) is 2.89. The van der Waals surface area contributed by atoms with Crippen molar-refractivity contribution in [3.8, 4) is 5.75 Å². The summed E-state index contributed by atoms with van der Waals surface area (Å²) in [6.45, 7) is 3.69. The van der Waals surface area contributed by atoms with Crippen molar-refractivity contribution in [3.63, 3.8) is 0 Å². The first-order chi connectivity index (χ1) is 8.81. The third-order valence-corrected chi connectivity index (χ3v) is 2.77. The SMILES string of the molecule is C=CCc1cccc(C=Cc2ccccc2)c1O. The molecule has 2 rings (SSSR count). The molecule has 2 aromatic rings. The normalized spacial score (nSPS) is 10.7. The van der Waals surface area contributed by atoms with Gasteiger partial charge in [-0.25, -0.2) is 0 Å². The minimum absolute atomic E-state index is 0.338. The Labute approximate surface area is 108 Å². The van der Waals surface area contributed by atoms with Crippen molar-refractivity contribution in [2.45, 2.75) is 6.42 Å². The van der Waals surface area contributed by atoms with Crippen LogP contribution in [0.15, 0.2) is 61.2 Å².